The quantitative estimate of drug-likeness (QED) is 0.375. The fraction of sp³-hybridized carbons (Fsp3) is 0.778. The van der Waals surface area contributed by atoms with Crippen LogP contribution in [0.1, 0.15) is 68.5 Å². The first-order valence-corrected chi connectivity index (χ1v) is 19.5. The number of carbonyl (C=O) groups is 1. The van der Waals surface area contributed by atoms with Gasteiger partial charge >= 0.3 is 0 Å². The van der Waals surface area contributed by atoms with Crippen molar-refractivity contribution >= 4 is 39.5 Å². The Bertz CT molecular complexity index is 1180. The van der Waals surface area contributed by atoms with Crippen LogP contribution in [0.4, 0.5) is 10.2 Å². The summed E-state index contributed by atoms with van der Waals surface area (Å²) in [6.07, 6.45) is -1.08. The SMILES string of the molecule is CC(C)(C)C(=O)Nc1ncnc2c1ncn2[C@H]1O[C@H](CO[Si](C)(C)C(C)(C)C)[C@@H](O[Si](C)(C)C(C)(C)C)[C@@H]1F. The molecule has 0 radical (unpaired) electrons. The summed E-state index contributed by atoms with van der Waals surface area (Å²) in [5.74, 6) is 0.0715. The number of halogens is 1. The van der Waals surface area contributed by atoms with Gasteiger partial charge < -0.3 is 18.9 Å². The Hall–Kier alpha value is -1.74. The van der Waals surface area contributed by atoms with Crippen molar-refractivity contribution in [3.8, 4) is 0 Å². The predicted molar refractivity (Wildman–Crippen MR) is 157 cm³/mol. The molecule has 220 valence electrons. The molecule has 1 saturated heterocycles. The number of ether oxygens (including phenoxy) is 1. The van der Waals surface area contributed by atoms with Crippen LogP contribution in [-0.2, 0) is 18.4 Å². The number of imidazole rings is 1. The molecule has 1 fully saturated rings. The lowest BCUT2D eigenvalue weighted by molar-refractivity contribution is -0.123. The lowest BCUT2D eigenvalue weighted by Crippen LogP contribution is -2.50. The minimum absolute atomic E-state index is 0.00126. The fourth-order valence-corrected chi connectivity index (χ4v) is 5.97. The second-order valence-electron chi connectivity index (χ2n) is 14.7. The van der Waals surface area contributed by atoms with Crippen molar-refractivity contribution in [2.24, 2.45) is 5.41 Å². The Morgan fingerprint density at radius 2 is 1.59 bits per heavy atom. The van der Waals surface area contributed by atoms with Crippen molar-refractivity contribution in [1.82, 2.24) is 19.5 Å². The van der Waals surface area contributed by atoms with E-state index in [2.05, 4.69) is 88.0 Å². The van der Waals surface area contributed by atoms with E-state index >= 15 is 4.39 Å². The highest BCUT2D eigenvalue weighted by Crippen LogP contribution is 2.44. The Morgan fingerprint density at radius 3 is 2.13 bits per heavy atom. The van der Waals surface area contributed by atoms with Gasteiger partial charge in [-0.1, -0.05) is 62.3 Å². The number of alkyl halides is 1. The number of hydrogen-bond donors (Lipinski definition) is 1. The molecule has 4 atom stereocenters. The summed E-state index contributed by atoms with van der Waals surface area (Å²) in [4.78, 5) is 25.6. The third-order valence-corrected chi connectivity index (χ3v) is 17.4. The van der Waals surface area contributed by atoms with E-state index in [1.54, 1.807) is 4.57 Å². The smallest absolute Gasteiger partial charge is 0.230 e. The molecule has 2 aromatic rings. The van der Waals surface area contributed by atoms with Crippen LogP contribution in [0.5, 0.6) is 0 Å². The van der Waals surface area contributed by atoms with Crippen LogP contribution in [0.25, 0.3) is 11.2 Å². The Morgan fingerprint density at radius 1 is 1.00 bits per heavy atom. The normalized spacial score (nSPS) is 23.4. The van der Waals surface area contributed by atoms with Crippen molar-refractivity contribution in [3.63, 3.8) is 0 Å². The highest BCUT2D eigenvalue weighted by atomic mass is 28.4. The molecule has 1 amide bonds. The van der Waals surface area contributed by atoms with E-state index in [0.29, 0.717) is 11.2 Å². The zero-order chi connectivity index (χ0) is 29.8. The van der Waals surface area contributed by atoms with Gasteiger partial charge in [0.1, 0.15) is 18.5 Å². The van der Waals surface area contributed by atoms with Crippen LogP contribution >= 0.6 is 0 Å². The van der Waals surface area contributed by atoms with Crippen molar-refractivity contribution in [2.45, 2.75) is 123 Å². The van der Waals surface area contributed by atoms with Gasteiger partial charge in [0.05, 0.1) is 12.9 Å². The first-order valence-electron chi connectivity index (χ1n) is 13.7. The molecule has 1 aliphatic rings. The molecule has 0 unspecified atom stereocenters. The molecule has 9 nitrogen and oxygen atoms in total. The monoisotopic (exact) mass is 581 g/mol. The Balaban J connectivity index is 1.97. The molecule has 2 aromatic heterocycles. The lowest BCUT2D eigenvalue weighted by atomic mass is 9.96. The van der Waals surface area contributed by atoms with Gasteiger partial charge in [-0.2, -0.15) is 0 Å². The first kappa shape index (κ1) is 31.8. The average Bonchev–Trinajstić information content (AvgIpc) is 3.32. The average molecular weight is 582 g/mol. The second-order valence-corrected chi connectivity index (χ2v) is 24.2. The second kappa shape index (κ2) is 10.6. The third kappa shape index (κ3) is 6.61. The van der Waals surface area contributed by atoms with Crippen molar-refractivity contribution in [1.29, 1.82) is 0 Å². The van der Waals surface area contributed by atoms with Gasteiger partial charge in [-0.05, 0) is 36.3 Å². The van der Waals surface area contributed by atoms with Crippen LogP contribution in [-0.4, -0.2) is 67.0 Å². The summed E-state index contributed by atoms with van der Waals surface area (Å²) in [5.41, 5.74) is 0.122. The summed E-state index contributed by atoms with van der Waals surface area (Å²) >= 11 is 0. The maximum absolute atomic E-state index is 16.4. The number of aromatic nitrogens is 4. The number of nitrogens with zero attached hydrogens (tertiary/aromatic N) is 4. The Labute approximate surface area is 234 Å². The maximum atomic E-state index is 16.4. The van der Waals surface area contributed by atoms with Crippen LogP contribution in [0, 0.1) is 5.41 Å². The molecule has 0 spiro atoms. The number of amides is 1. The molecule has 0 bridgehead atoms. The van der Waals surface area contributed by atoms with Gasteiger partial charge in [0.25, 0.3) is 0 Å². The molecule has 0 saturated carbocycles. The lowest BCUT2D eigenvalue weighted by Gasteiger charge is -2.40. The minimum atomic E-state index is -2.34. The predicted octanol–water partition coefficient (Wildman–Crippen LogP) is 6.46. The van der Waals surface area contributed by atoms with Crippen LogP contribution in [0.2, 0.25) is 36.3 Å². The van der Waals surface area contributed by atoms with Gasteiger partial charge in [0.2, 0.25) is 5.91 Å². The Kier molecular flexibility index (Phi) is 8.63. The summed E-state index contributed by atoms with van der Waals surface area (Å²) in [6.45, 7) is 27.2. The molecule has 39 heavy (non-hydrogen) atoms. The zero-order valence-electron chi connectivity index (χ0n) is 26.0. The van der Waals surface area contributed by atoms with Crippen LogP contribution in [0.15, 0.2) is 12.7 Å². The molecule has 1 aliphatic heterocycles. The third-order valence-electron chi connectivity index (χ3n) is 8.46. The van der Waals surface area contributed by atoms with E-state index in [4.69, 9.17) is 13.6 Å². The first-order chi connectivity index (χ1) is 17.6. The van der Waals surface area contributed by atoms with E-state index in [-0.39, 0.29) is 28.4 Å². The molecule has 1 N–H and O–H groups in total. The molecular formula is C27H48FN5O4Si2. The summed E-state index contributed by atoms with van der Waals surface area (Å²) in [6, 6.07) is 0. The molecule has 12 heteroatoms. The molecular weight excluding hydrogens is 533 g/mol. The van der Waals surface area contributed by atoms with E-state index in [1.807, 2.05) is 20.8 Å². The summed E-state index contributed by atoms with van der Waals surface area (Å²) in [7, 11) is -4.46. The van der Waals surface area contributed by atoms with Gasteiger partial charge in [0, 0.05) is 5.41 Å². The number of nitrogens with one attached hydrogen (secondary N) is 1. The molecule has 0 aliphatic carbocycles. The standard InChI is InChI=1S/C27H48FN5O4Si2/c1-25(2,3)24(34)32-21-19-22(30-15-29-21)33(16-31-19)23-18(28)20(37-39(12,13)27(7,8)9)17(36-23)14-35-38(10,11)26(4,5)6/h15-18,20,23H,14H2,1-13H3,(H,29,30,32,34)/t17-,18+,20-,23+/m1/s1. The number of rotatable bonds is 7. The van der Waals surface area contributed by atoms with Crippen LogP contribution in [0.3, 0.4) is 0 Å². The van der Waals surface area contributed by atoms with E-state index in [0.717, 1.165) is 0 Å². The van der Waals surface area contributed by atoms with Crippen LogP contribution < -0.4 is 5.32 Å². The highest BCUT2D eigenvalue weighted by molar-refractivity contribution is 6.74. The summed E-state index contributed by atoms with van der Waals surface area (Å²) in [5, 5.41) is 2.72. The maximum Gasteiger partial charge on any atom is 0.230 e. The van der Waals surface area contributed by atoms with Crippen molar-refractivity contribution < 1.29 is 22.8 Å². The number of carbonyl (C=O) groups excluding carboxylic acids is 1. The number of anilines is 1. The largest absolute Gasteiger partial charge is 0.414 e. The molecule has 3 heterocycles. The number of hydrogen-bond acceptors (Lipinski definition) is 7. The van der Waals surface area contributed by atoms with Gasteiger partial charge in [-0.25, -0.2) is 19.3 Å². The van der Waals surface area contributed by atoms with Crippen molar-refractivity contribution in [3.05, 3.63) is 12.7 Å². The highest BCUT2D eigenvalue weighted by Gasteiger charge is 2.52. The van der Waals surface area contributed by atoms with Gasteiger partial charge in [-0.15, -0.1) is 0 Å². The molecule has 0 aromatic carbocycles. The van der Waals surface area contributed by atoms with E-state index in [9.17, 15) is 4.79 Å². The van der Waals surface area contributed by atoms with E-state index < -0.39 is 46.7 Å². The zero-order valence-corrected chi connectivity index (χ0v) is 28.0. The topological polar surface area (TPSA) is 100 Å². The van der Waals surface area contributed by atoms with Gasteiger partial charge in [0.15, 0.2) is 46.0 Å². The van der Waals surface area contributed by atoms with Gasteiger partial charge in [-0.3, -0.25) is 9.36 Å². The number of fused-ring (bicyclic) bond motifs is 1. The fourth-order valence-electron chi connectivity index (χ4n) is 3.64. The molecule has 3 rings (SSSR count). The van der Waals surface area contributed by atoms with E-state index in [1.165, 1.54) is 12.7 Å². The summed E-state index contributed by atoms with van der Waals surface area (Å²) < 4.78 is 37.5. The minimum Gasteiger partial charge on any atom is -0.414 e. The van der Waals surface area contributed by atoms with Crippen molar-refractivity contribution in [2.75, 3.05) is 11.9 Å².